The molecule has 1 aromatic heterocycles. The van der Waals surface area contributed by atoms with Crippen LogP contribution in [0.2, 0.25) is 0 Å². The zero-order chi connectivity index (χ0) is 26.1. The van der Waals surface area contributed by atoms with Gasteiger partial charge in [0.15, 0.2) is 0 Å². The topological polar surface area (TPSA) is 60.2 Å². The summed E-state index contributed by atoms with van der Waals surface area (Å²) in [4.78, 5) is 14.3. The van der Waals surface area contributed by atoms with Crippen molar-refractivity contribution >= 4 is 17.0 Å². The van der Waals surface area contributed by atoms with E-state index in [1.54, 1.807) is 6.08 Å². The van der Waals surface area contributed by atoms with E-state index in [1.807, 2.05) is 25.1 Å². The second-order valence-electron chi connectivity index (χ2n) is 9.67. The molecule has 0 aliphatic rings. The van der Waals surface area contributed by atoms with E-state index in [4.69, 9.17) is 4.74 Å². The quantitative estimate of drug-likeness (QED) is 0.102. The lowest BCUT2D eigenvalue weighted by molar-refractivity contribution is -0.137. The molecule has 6 nitrogen and oxygen atoms in total. The number of nitrogens with zero attached hydrogens (tertiary/aromatic N) is 4. The Morgan fingerprint density at radius 3 is 2.41 bits per heavy atom. The largest absolute Gasteiger partial charge is 0.463 e. The summed E-state index contributed by atoms with van der Waals surface area (Å²) < 4.78 is 7.15. The van der Waals surface area contributed by atoms with Crippen molar-refractivity contribution in [2.24, 2.45) is 0 Å². The first-order chi connectivity index (χ1) is 18.2. The number of ether oxygens (including phenoxy) is 1. The van der Waals surface area contributed by atoms with Gasteiger partial charge in [-0.2, -0.15) is 0 Å². The molecule has 2 aromatic carbocycles. The molecule has 1 atom stereocenters. The third-order valence-corrected chi connectivity index (χ3v) is 6.75. The maximum atomic E-state index is 11.8. The van der Waals surface area contributed by atoms with Gasteiger partial charge in [0, 0.05) is 19.2 Å². The normalized spacial score (nSPS) is 12.5. The first kappa shape index (κ1) is 28.6. The van der Waals surface area contributed by atoms with Crippen LogP contribution < -0.4 is 0 Å². The second-order valence-corrected chi connectivity index (χ2v) is 9.67. The summed E-state index contributed by atoms with van der Waals surface area (Å²) in [6.45, 7) is 6.10. The second kappa shape index (κ2) is 16.7. The number of fused-ring (bicyclic) bond motifs is 1. The molecule has 0 saturated heterocycles. The molecule has 0 spiro atoms. The molecule has 0 aliphatic heterocycles. The lowest BCUT2D eigenvalue weighted by Crippen LogP contribution is -2.34. The number of rotatable bonds is 18. The number of hydrogen-bond donors (Lipinski definition) is 0. The molecule has 0 amide bonds. The Balaban J connectivity index is 1.75. The van der Waals surface area contributed by atoms with Gasteiger partial charge in [-0.25, -0.2) is 9.48 Å². The zero-order valence-electron chi connectivity index (χ0n) is 22.7. The van der Waals surface area contributed by atoms with Crippen molar-refractivity contribution in [3.63, 3.8) is 0 Å². The number of benzene rings is 2. The van der Waals surface area contributed by atoms with Crippen LogP contribution in [0.3, 0.4) is 0 Å². The molecule has 0 saturated carbocycles. The molecular formula is C31H44N4O2. The summed E-state index contributed by atoms with van der Waals surface area (Å²) in [6, 6.07) is 18.8. The highest BCUT2D eigenvalue weighted by atomic mass is 16.5. The average Bonchev–Trinajstić information content (AvgIpc) is 3.34. The third-order valence-electron chi connectivity index (χ3n) is 6.75. The van der Waals surface area contributed by atoms with Gasteiger partial charge in [-0.05, 0) is 43.9 Å². The average molecular weight is 505 g/mol. The SMILES string of the molecule is CCCCCCCCCCC(N(CC/C=C/C(=O)OCC)Cc1ccccc1)n1nnc2ccccc21. The Kier molecular flexibility index (Phi) is 12.9. The fraction of sp³-hybridized carbons (Fsp3) is 0.516. The molecule has 0 aliphatic carbocycles. The van der Waals surface area contributed by atoms with Crippen LogP contribution in [0.1, 0.15) is 89.8 Å². The van der Waals surface area contributed by atoms with Crippen molar-refractivity contribution in [3.8, 4) is 0 Å². The van der Waals surface area contributed by atoms with E-state index in [9.17, 15) is 4.79 Å². The Labute approximate surface area is 222 Å². The van der Waals surface area contributed by atoms with Crippen LogP contribution in [0, 0.1) is 0 Å². The molecule has 0 N–H and O–H groups in total. The first-order valence-corrected chi connectivity index (χ1v) is 14.1. The van der Waals surface area contributed by atoms with Gasteiger partial charge in [0.05, 0.1) is 12.1 Å². The van der Waals surface area contributed by atoms with Crippen molar-refractivity contribution in [1.29, 1.82) is 0 Å². The van der Waals surface area contributed by atoms with E-state index in [0.29, 0.717) is 6.61 Å². The van der Waals surface area contributed by atoms with Gasteiger partial charge in [0.1, 0.15) is 11.7 Å². The summed E-state index contributed by atoms with van der Waals surface area (Å²) in [5, 5.41) is 9.09. The molecule has 6 heteroatoms. The molecule has 1 unspecified atom stereocenters. The summed E-state index contributed by atoms with van der Waals surface area (Å²) in [5.74, 6) is -0.283. The van der Waals surface area contributed by atoms with E-state index in [1.165, 1.54) is 50.5 Å². The molecule has 1 heterocycles. The van der Waals surface area contributed by atoms with Gasteiger partial charge in [0.2, 0.25) is 0 Å². The van der Waals surface area contributed by atoms with E-state index >= 15 is 0 Å². The molecular weight excluding hydrogens is 460 g/mol. The zero-order valence-corrected chi connectivity index (χ0v) is 22.7. The number of unbranched alkanes of at least 4 members (excludes halogenated alkanes) is 7. The van der Waals surface area contributed by atoms with Crippen molar-refractivity contribution in [1.82, 2.24) is 19.9 Å². The molecule has 0 radical (unpaired) electrons. The van der Waals surface area contributed by atoms with Gasteiger partial charge >= 0.3 is 5.97 Å². The third kappa shape index (κ3) is 9.77. The molecule has 200 valence electrons. The predicted octanol–water partition coefficient (Wildman–Crippen LogP) is 7.47. The summed E-state index contributed by atoms with van der Waals surface area (Å²) in [5.41, 5.74) is 3.25. The minimum Gasteiger partial charge on any atom is -0.463 e. The van der Waals surface area contributed by atoms with Gasteiger partial charge in [-0.1, -0.05) is 106 Å². The number of esters is 1. The minimum absolute atomic E-state index is 0.0868. The predicted molar refractivity (Wildman–Crippen MR) is 151 cm³/mol. The number of carbonyl (C=O) groups excluding carboxylic acids is 1. The van der Waals surface area contributed by atoms with Crippen LogP contribution in [0.15, 0.2) is 66.7 Å². The van der Waals surface area contributed by atoms with E-state index in [0.717, 1.165) is 43.4 Å². The summed E-state index contributed by atoms with van der Waals surface area (Å²) in [6.07, 6.45) is 15.6. The fourth-order valence-corrected chi connectivity index (χ4v) is 4.79. The van der Waals surface area contributed by atoms with Crippen molar-refractivity contribution in [2.45, 2.75) is 90.8 Å². The monoisotopic (exact) mass is 504 g/mol. The van der Waals surface area contributed by atoms with Crippen molar-refractivity contribution in [3.05, 3.63) is 72.3 Å². The maximum Gasteiger partial charge on any atom is 0.330 e. The smallest absolute Gasteiger partial charge is 0.330 e. The Hall–Kier alpha value is -2.99. The lowest BCUT2D eigenvalue weighted by atomic mass is 10.1. The highest BCUT2D eigenvalue weighted by molar-refractivity contribution is 5.81. The molecule has 3 aromatic rings. The number of aromatic nitrogens is 3. The van der Waals surface area contributed by atoms with Crippen LogP contribution in [0.4, 0.5) is 0 Å². The standard InChI is InChI=1S/C31H44N4O2/c1-3-5-6-7-8-9-10-14-23-30(35-29-22-16-15-21-28(29)32-33-35)34(26-27-19-12-11-13-20-27)25-18-17-24-31(36)37-4-2/h11-13,15-17,19-22,24,30H,3-10,14,18,23,25-26H2,1-2H3/b24-17+. The van der Waals surface area contributed by atoms with Gasteiger partial charge in [-0.15, -0.1) is 5.10 Å². The number of carbonyl (C=O) groups is 1. The van der Waals surface area contributed by atoms with Gasteiger partial charge < -0.3 is 4.74 Å². The van der Waals surface area contributed by atoms with E-state index < -0.39 is 0 Å². The van der Waals surface area contributed by atoms with E-state index in [2.05, 4.69) is 69.3 Å². The van der Waals surface area contributed by atoms with Crippen LogP contribution in [-0.2, 0) is 16.1 Å². The number of para-hydroxylation sites is 1. The summed E-state index contributed by atoms with van der Waals surface area (Å²) in [7, 11) is 0. The Morgan fingerprint density at radius 2 is 1.65 bits per heavy atom. The van der Waals surface area contributed by atoms with Crippen molar-refractivity contribution < 1.29 is 9.53 Å². The highest BCUT2D eigenvalue weighted by Gasteiger charge is 2.23. The molecule has 0 bridgehead atoms. The van der Waals surface area contributed by atoms with Crippen molar-refractivity contribution in [2.75, 3.05) is 13.2 Å². The van der Waals surface area contributed by atoms with Crippen LogP contribution in [-0.4, -0.2) is 39.0 Å². The Morgan fingerprint density at radius 1 is 0.946 bits per heavy atom. The van der Waals surface area contributed by atoms with Crippen LogP contribution >= 0.6 is 0 Å². The maximum absolute atomic E-state index is 11.8. The summed E-state index contributed by atoms with van der Waals surface area (Å²) >= 11 is 0. The van der Waals surface area contributed by atoms with E-state index in [-0.39, 0.29) is 12.1 Å². The molecule has 0 fully saturated rings. The van der Waals surface area contributed by atoms with Crippen LogP contribution in [0.5, 0.6) is 0 Å². The van der Waals surface area contributed by atoms with Gasteiger partial charge in [0.25, 0.3) is 0 Å². The van der Waals surface area contributed by atoms with Crippen LogP contribution in [0.25, 0.3) is 11.0 Å². The fourth-order valence-electron chi connectivity index (χ4n) is 4.79. The first-order valence-electron chi connectivity index (χ1n) is 14.1. The minimum atomic E-state index is -0.283. The van der Waals surface area contributed by atoms with Gasteiger partial charge in [-0.3, -0.25) is 4.90 Å². The number of hydrogen-bond acceptors (Lipinski definition) is 5. The Bertz CT molecular complexity index is 1060. The molecule has 37 heavy (non-hydrogen) atoms. The molecule has 3 rings (SSSR count). The highest BCUT2D eigenvalue weighted by Crippen LogP contribution is 2.27. The lowest BCUT2D eigenvalue weighted by Gasteiger charge is -2.32.